The van der Waals surface area contributed by atoms with E-state index in [2.05, 4.69) is 54.6 Å². The van der Waals surface area contributed by atoms with Gasteiger partial charge in [-0.05, 0) is 26.0 Å². The second-order valence-corrected chi connectivity index (χ2v) is 3.91. The fraction of sp³-hybridized carbons (Fsp3) is 0.417. The Morgan fingerprint density at radius 1 is 1.29 bits per heavy atom. The summed E-state index contributed by atoms with van der Waals surface area (Å²) in [6.45, 7) is 6.63. The number of hydrogen-bond donors (Lipinski definition) is 1. The Hall–Kier alpha value is -1.31. The first-order valence-electron chi connectivity index (χ1n) is 5.25. The maximum absolute atomic E-state index is 3.46. The summed E-state index contributed by atoms with van der Waals surface area (Å²) in [5.74, 6) is 1.31. The van der Waals surface area contributed by atoms with Gasteiger partial charge in [0.1, 0.15) is 0 Å². The lowest BCUT2D eigenvalue weighted by atomic mass is 10.3. The van der Waals surface area contributed by atoms with Crippen LogP contribution in [0.25, 0.3) is 11.0 Å². The fourth-order valence-corrected chi connectivity index (χ4v) is 2.00. The Morgan fingerprint density at radius 2 is 2.00 bits per heavy atom. The summed E-state index contributed by atoms with van der Waals surface area (Å²) in [6, 6.07) is 8.98. The molecule has 0 amide bonds. The zero-order valence-electron chi connectivity index (χ0n) is 9.04. The summed E-state index contributed by atoms with van der Waals surface area (Å²) in [5, 5.41) is 0. The molecule has 0 unspecified atom stereocenters. The molecule has 0 spiro atoms. The molecule has 0 atom stereocenters. The monoisotopic (exact) mass is 189 g/mol. The SMILES string of the molecule is CCc1[nH]c2ccccc2[n+]1C(C)C. The highest BCUT2D eigenvalue weighted by atomic mass is 15.1. The van der Waals surface area contributed by atoms with E-state index in [-0.39, 0.29) is 0 Å². The van der Waals surface area contributed by atoms with Crippen LogP contribution < -0.4 is 4.57 Å². The van der Waals surface area contributed by atoms with Crippen LogP contribution in [0, 0.1) is 0 Å². The average molecular weight is 189 g/mol. The molecule has 2 nitrogen and oxygen atoms in total. The third-order valence-corrected chi connectivity index (χ3v) is 2.58. The molecule has 2 heteroatoms. The summed E-state index contributed by atoms with van der Waals surface area (Å²) in [5.41, 5.74) is 2.54. The molecule has 0 aliphatic carbocycles. The fourth-order valence-electron chi connectivity index (χ4n) is 2.00. The number of hydrogen-bond acceptors (Lipinski definition) is 0. The summed E-state index contributed by atoms with van der Waals surface area (Å²) in [6.07, 6.45) is 1.05. The molecular weight excluding hydrogens is 172 g/mol. The Bertz CT molecular complexity index is 441. The van der Waals surface area contributed by atoms with Gasteiger partial charge in [0.2, 0.25) is 0 Å². The Balaban J connectivity index is 2.74. The lowest BCUT2D eigenvalue weighted by Crippen LogP contribution is -2.39. The van der Waals surface area contributed by atoms with E-state index in [0.29, 0.717) is 6.04 Å². The number of aromatic nitrogens is 2. The third-order valence-electron chi connectivity index (χ3n) is 2.58. The molecular formula is C12H17N2+. The van der Waals surface area contributed by atoms with Gasteiger partial charge in [0.15, 0.2) is 11.0 Å². The second kappa shape index (κ2) is 3.45. The smallest absolute Gasteiger partial charge is 0.241 e. The Kier molecular flexibility index (Phi) is 2.28. The van der Waals surface area contributed by atoms with Gasteiger partial charge >= 0.3 is 0 Å². The lowest BCUT2D eigenvalue weighted by Gasteiger charge is -2.03. The molecule has 2 aromatic rings. The van der Waals surface area contributed by atoms with Gasteiger partial charge in [-0.15, -0.1) is 0 Å². The van der Waals surface area contributed by atoms with Crippen molar-refractivity contribution in [3.05, 3.63) is 30.1 Å². The van der Waals surface area contributed by atoms with Gasteiger partial charge in [0.05, 0.1) is 6.04 Å². The molecule has 14 heavy (non-hydrogen) atoms. The normalized spacial score (nSPS) is 11.4. The van der Waals surface area contributed by atoms with Crippen molar-refractivity contribution < 1.29 is 4.57 Å². The number of rotatable bonds is 2. The van der Waals surface area contributed by atoms with E-state index >= 15 is 0 Å². The first-order valence-corrected chi connectivity index (χ1v) is 5.25. The van der Waals surface area contributed by atoms with Gasteiger partial charge in [0, 0.05) is 6.42 Å². The molecule has 0 aliphatic heterocycles. The number of aryl methyl sites for hydroxylation is 1. The molecule has 74 valence electrons. The number of fused-ring (bicyclic) bond motifs is 1. The predicted molar refractivity (Wildman–Crippen MR) is 58.3 cm³/mol. The molecule has 0 radical (unpaired) electrons. The van der Waals surface area contributed by atoms with Crippen molar-refractivity contribution >= 4 is 11.0 Å². The maximum atomic E-state index is 3.46. The van der Waals surface area contributed by atoms with Crippen LogP contribution >= 0.6 is 0 Å². The number of nitrogens with zero attached hydrogens (tertiary/aromatic N) is 1. The number of imidazole rings is 1. The van der Waals surface area contributed by atoms with Crippen molar-refractivity contribution in [2.24, 2.45) is 0 Å². The molecule has 1 heterocycles. The maximum Gasteiger partial charge on any atom is 0.255 e. The van der Waals surface area contributed by atoms with Crippen LogP contribution in [0.5, 0.6) is 0 Å². The number of para-hydroxylation sites is 2. The first-order chi connectivity index (χ1) is 6.74. The van der Waals surface area contributed by atoms with Crippen molar-refractivity contribution in [2.45, 2.75) is 33.2 Å². The Labute approximate surface area is 84.6 Å². The predicted octanol–water partition coefficient (Wildman–Crippen LogP) is 2.60. The molecule has 1 aromatic carbocycles. The van der Waals surface area contributed by atoms with Crippen LogP contribution in [-0.2, 0) is 6.42 Å². The highest BCUT2D eigenvalue weighted by molar-refractivity contribution is 5.71. The minimum atomic E-state index is 0.515. The van der Waals surface area contributed by atoms with Crippen LogP contribution in [0.4, 0.5) is 0 Å². The van der Waals surface area contributed by atoms with Gasteiger partial charge in [-0.25, -0.2) is 9.55 Å². The number of benzene rings is 1. The lowest BCUT2D eigenvalue weighted by molar-refractivity contribution is -0.698. The average Bonchev–Trinajstić information content (AvgIpc) is 2.55. The van der Waals surface area contributed by atoms with Gasteiger partial charge in [0.25, 0.3) is 5.82 Å². The highest BCUT2D eigenvalue weighted by Gasteiger charge is 2.18. The third kappa shape index (κ3) is 1.31. The molecule has 0 saturated carbocycles. The standard InChI is InChI=1S/C12H16N2/c1-4-12-13-10-7-5-6-8-11(10)14(12)9(2)3/h5-9H,4H2,1-3H3/p+1. The molecule has 0 aliphatic rings. The van der Waals surface area contributed by atoms with E-state index in [1.807, 2.05) is 0 Å². The van der Waals surface area contributed by atoms with E-state index in [0.717, 1.165) is 6.42 Å². The van der Waals surface area contributed by atoms with Gasteiger partial charge in [-0.1, -0.05) is 19.1 Å². The van der Waals surface area contributed by atoms with Crippen LogP contribution in [0.3, 0.4) is 0 Å². The van der Waals surface area contributed by atoms with Crippen molar-refractivity contribution in [1.29, 1.82) is 0 Å². The van der Waals surface area contributed by atoms with E-state index < -0.39 is 0 Å². The van der Waals surface area contributed by atoms with Crippen LogP contribution in [0.2, 0.25) is 0 Å². The van der Waals surface area contributed by atoms with E-state index in [1.54, 1.807) is 0 Å². The van der Waals surface area contributed by atoms with Crippen molar-refractivity contribution in [3.63, 3.8) is 0 Å². The van der Waals surface area contributed by atoms with E-state index in [4.69, 9.17) is 0 Å². The zero-order chi connectivity index (χ0) is 10.1. The van der Waals surface area contributed by atoms with Crippen LogP contribution in [0.15, 0.2) is 24.3 Å². The van der Waals surface area contributed by atoms with Crippen LogP contribution in [-0.4, -0.2) is 4.98 Å². The van der Waals surface area contributed by atoms with Gasteiger partial charge < -0.3 is 0 Å². The quantitative estimate of drug-likeness (QED) is 0.701. The van der Waals surface area contributed by atoms with Gasteiger partial charge in [-0.3, -0.25) is 0 Å². The highest BCUT2D eigenvalue weighted by Crippen LogP contribution is 2.11. The minimum absolute atomic E-state index is 0.515. The molecule has 0 fully saturated rings. The molecule has 1 aromatic heterocycles. The second-order valence-electron chi connectivity index (χ2n) is 3.91. The molecule has 2 rings (SSSR count). The summed E-state index contributed by atoms with van der Waals surface area (Å²) in [4.78, 5) is 3.46. The van der Waals surface area contributed by atoms with E-state index in [1.165, 1.54) is 16.9 Å². The summed E-state index contributed by atoms with van der Waals surface area (Å²) < 4.78 is 2.37. The Morgan fingerprint density at radius 3 is 2.64 bits per heavy atom. The number of H-pyrrole nitrogens is 1. The number of nitrogens with one attached hydrogen (secondary N) is 1. The molecule has 0 saturated heterocycles. The van der Waals surface area contributed by atoms with Gasteiger partial charge in [-0.2, -0.15) is 0 Å². The largest absolute Gasteiger partial charge is 0.255 e. The van der Waals surface area contributed by atoms with Crippen LogP contribution in [0.1, 0.15) is 32.6 Å². The number of aromatic amines is 1. The van der Waals surface area contributed by atoms with Crippen molar-refractivity contribution in [3.8, 4) is 0 Å². The summed E-state index contributed by atoms with van der Waals surface area (Å²) in [7, 11) is 0. The molecule has 1 N–H and O–H groups in total. The zero-order valence-corrected chi connectivity index (χ0v) is 9.04. The minimum Gasteiger partial charge on any atom is -0.241 e. The van der Waals surface area contributed by atoms with E-state index in [9.17, 15) is 0 Å². The van der Waals surface area contributed by atoms with Crippen molar-refractivity contribution in [2.75, 3.05) is 0 Å². The van der Waals surface area contributed by atoms with Crippen molar-refractivity contribution in [1.82, 2.24) is 4.98 Å². The summed E-state index contributed by atoms with van der Waals surface area (Å²) >= 11 is 0. The topological polar surface area (TPSA) is 19.7 Å². The first kappa shape index (κ1) is 9.25. The molecule has 0 bridgehead atoms.